The summed E-state index contributed by atoms with van der Waals surface area (Å²) in [6.07, 6.45) is 0.858. The molecule has 0 aliphatic heterocycles. The minimum absolute atomic E-state index is 0.199. The zero-order valence-corrected chi connectivity index (χ0v) is 9.84. The van der Waals surface area contributed by atoms with Gasteiger partial charge < -0.3 is 5.73 Å². The van der Waals surface area contributed by atoms with Gasteiger partial charge in [-0.15, -0.1) is 11.3 Å². The molecule has 76 valence electrons. The Morgan fingerprint density at radius 3 is 2.86 bits per heavy atom. The largest absolute Gasteiger partial charge is 0.375 e. The third kappa shape index (κ3) is 2.78. The molecule has 0 fully saturated rings. The lowest BCUT2D eigenvalue weighted by atomic mass is 10.2. The van der Waals surface area contributed by atoms with E-state index in [1.54, 1.807) is 11.3 Å². The Kier molecular flexibility index (Phi) is 4.03. The van der Waals surface area contributed by atoms with Crippen molar-refractivity contribution in [1.82, 2.24) is 5.43 Å². The van der Waals surface area contributed by atoms with Crippen LogP contribution in [0.2, 0.25) is 0 Å². The predicted octanol–water partition coefficient (Wildman–Crippen LogP) is 2.00. The highest BCUT2D eigenvalue weighted by Gasteiger charge is 2.06. The van der Waals surface area contributed by atoms with Crippen molar-refractivity contribution in [1.29, 1.82) is 0 Å². The lowest BCUT2D eigenvalue weighted by molar-refractivity contribution is 1.01. The second-order valence-corrected chi connectivity index (χ2v) is 4.18. The molecule has 5 heteroatoms. The van der Waals surface area contributed by atoms with Crippen LogP contribution in [0.3, 0.4) is 0 Å². The van der Waals surface area contributed by atoms with Crippen LogP contribution in [0.4, 0.5) is 0 Å². The highest BCUT2D eigenvalue weighted by Crippen LogP contribution is 2.17. The first-order chi connectivity index (χ1) is 6.65. The van der Waals surface area contributed by atoms with Crippen LogP contribution >= 0.6 is 23.6 Å². The van der Waals surface area contributed by atoms with Crippen LogP contribution in [0.25, 0.3) is 0 Å². The predicted molar refractivity (Wildman–Crippen MR) is 65.8 cm³/mol. The van der Waals surface area contributed by atoms with Crippen molar-refractivity contribution in [2.45, 2.75) is 20.3 Å². The number of rotatable bonds is 3. The van der Waals surface area contributed by atoms with Crippen LogP contribution < -0.4 is 11.2 Å². The lowest BCUT2D eigenvalue weighted by Crippen LogP contribution is -2.25. The van der Waals surface area contributed by atoms with Crippen LogP contribution in [0.15, 0.2) is 16.5 Å². The van der Waals surface area contributed by atoms with Crippen molar-refractivity contribution in [3.63, 3.8) is 0 Å². The first kappa shape index (κ1) is 11.1. The Morgan fingerprint density at radius 1 is 1.71 bits per heavy atom. The standard InChI is InChI=1S/C9H13N3S2/c1-3-7(11-12-9(10)13)8-6(2)4-5-14-8/h4-5H,3H2,1-2H3,(H3,10,12,13). The number of thiophene rings is 1. The van der Waals surface area contributed by atoms with Gasteiger partial charge in [-0.2, -0.15) is 5.10 Å². The van der Waals surface area contributed by atoms with E-state index in [-0.39, 0.29) is 5.11 Å². The summed E-state index contributed by atoms with van der Waals surface area (Å²) in [5.41, 5.74) is 10.1. The molecule has 1 rings (SSSR count). The molecule has 0 spiro atoms. The van der Waals surface area contributed by atoms with E-state index in [2.05, 4.69) is 48.0 Å². The first-order valence-corrected chi connectivity index (χ1v) is 5.60. The molecule has 3 nitrogen and oxygen atoms in total. The number of hydrogen-bond donors (Lipinski definition) is 2. The Hall–Kier alpha value is -0.940. The summed E-state index contributed by atoms with van der Waals surface area (Å²) >= 11 is 6.37. The summed E-state index contributed by atoms with van der Waals surface area (Å²) in [7, 11) is 0. The van der Waals surface area contributed by atoms with E-state index in [1.165, 1.54) is 10.4 Å². The number of thiocarbonyl (C=S) groups is 1. The normalized spacial score (nSPS) is 11.4. The average molecular weight is 227 g/mol. The Morgan fingerprint density at radius 2 is 2.43 bits per heavy atom. The molecular weight excluding hydrogens is 214 g/mol. The van der Waals surface area contributed by atoms with Crippen molar-refractivity contribution in [3.05, 3.63) is 21.9 Å². The number of nitrogens with two attached hydrogens (primary N) is 1. The van der Waals surface area contributed by atoms with Crippen molar-refractivity contribution < 1.29 is 0 Å². The highest BCUT2D eigenvalue weighted by molar-refractivity contribution is 7.80. The quantitative estimate of drug-likeness (QED) is 0.472. The first-order valence-electron chi connectivity index (χ1n) is 4.31. The van der Waals surface area contributed by atoms with Crippen LogP contribution in [0.1, 0.15) is 23.8 Å². The minimum Gasteiger partial charge on any atom is -0.375 e. The van der Waals surface area contributed by atoms with Gasteiger partial charge in [-0.25, -0.2) is 0 Å². The zero-order chi connectivity index (χ0) is 10.6. The molecule has 0 bridgehead atoms. The number of hydrazone groups is 1. The summed E-state index contributed by atoms with van der Waals surface area (Å²) < 4.78 is 0. The smallest absolute Gasteiger partial charge is 0.184 e. The number of nitrogens with zero attached hydrogens (tertiary/aromatic N) is 1. The molecule has 0 saturated heterocycles. The molecule has 0 amide bonds. The average Bonchev–Trinajstić information content (AvgIpc) is 2.53. The molecule has 14 heavy (non-hydrogen) atoms. The fourth-order valence-corrected chi connectivity index (χ4v) is 2.12. The molecule has 1 heterocycles. The Bertz CT molecular complexity index is 355. The SMILES string of the molecule is CCC(=NNC(N)=S)c1sccc1C. The number of nitrogens with one attached hydrogen (secondary N) is 1. The van der Waals surface area contributed by atoms with E-state index in [0.29, 0.717) is 0 Å². The van der Waals surface area contributed by atoms with Gasteiger partial charge >= 0.3 is 0 Å². The molecule has 1 aromatic heterocycles. The monoisotopic (exact) mass is 227 g/mol. The molecule has 0 aromatic carbocycles. The maximum absolute atomic E-state index is 5.30. The van der Waals surface area contributed by atoms with Gasteiger partial charge in [-0.3, -0.25) is 5.43 Å². The second kappa shape index (κ2) is 5.07. The molecule has 0 saturated carbocycles. The van der Waals surface area contributed by atoms with E-state index in [9.17, 15) is 0 Å². The lowest BCUT2D eigenvalue weighted by Gasteiger charge is -2.03. The summed E-state index contributed by atoms with van der Waals surface area (Å²) in [6, 6.07) is 2.08. The molecule has 0 aliphatic carbocycles. The number of hydrogen-bond acceptors (Lipinski definition) is 3. The van der Waals surface area contributed by atoms with E-state index >= 15 is 0 Å². The van der Waals surface area contributed by atoms with Gasteiger partial charge in [-0.05, 0) is 42.6 Å². The zero-order valence-electron chi connectivity index (χ0n) is 8.20. The van der Waals surface area contributed by atoms with Crippen molar-refractivity contribution in [2.24, 2.45) is 10.8 Å². The van der Waals surface area contributed by atoms with Gasteiger partial charge in [0, 0.05) is 0 Å². The van der Waals surface area contributed by atoms with Crippen molar-refractivity contribution in [3.8, 4) is 0 Å². The van der Waals surface area contributed by atoms with Crippen molar-refractivity contribution in [2.75, 3.05) is 0 Å². The van der Waals surface area contributed by atoms with Crippen LogP contribution in [-0.2, 0) is 0 Å². The fraction of sp³-hybridized carbons (Fsp3) is 0.333. The molecule has 0 atom stereocenters. The molecule has 1 aromatic rings. The highest BCUT2D eigenvalue weighted by atomic mass is 32.1. The Labute approximate surface area is 93.0 Å². The van der Waals surface area contributed by atoms with Gasteiger partial charge in [0.2, 0.25) is 0 Å². The van der Waals surface area contributed by atoms with E-state index in [0.717, 1.165) is 12.1 Å². The van der Waals surface area contributed by atoms with Crippen LogP contribution in [-0.4, -0.2) is 10.8 Å². The summed E-state index contributed by atoms with van der Waals surface area (Å²) in [5.74, 6) is 0. The van der Waals surface area contributed by atoms with Crippen LogP contribution in [0, 0.1) is 6.92 Å². The maximum Gasteiger partial charge on any atom is 0.184 e. The third-order valence-corrected chi connectivity index (χ3v) is 2.92. The van der Waals surface area contributed by atoms with E-state index in [4.69, 9.17) is 5.73 Å². The minimum atomic E-state index is 0.199. The summed E-state index contributed by atoms with van der Waals surface area (Å²) in [4.78, 5) is 1.19. The molecule has 0 aliphatic rings. The molecular formula is C9H13N3S2. The topological polar surface area (TPSA) is 50.4 Å². The van der Waals surface area contributed by atoms with Gasteiger partial charge in [0.25, 0.3) is 0 Å². The van der Waals surface area contributed by atoms with E-state index < -0.39 is 0 Å². The Balaban J connectivity index is 2.87. The van der Waals surface area contributed by atoms with Gasteiger partial charge in [-0.1, -0.05) is 6.92 Å². The number of aryl methyl sites for hydroxylation is 1. The van der Waals surface area contributed by atoms with Crippen molar-refractivity contribution >= 4 is 34.4 Å². The summed E-state index contributed by atoms with van der Waals surface area (Å²) in [5, 5.41) is 6.41. The maximum atomic E-state index is 5.30. The van der Waals surface area contributed by atoms with E-state index in [1.807, 2.05) is 0 Å². The molecule has 0 radical (unpaired) electrons. The molecule has 0 unspecified atom stereocenters. The fourth-order valence-electron chi connectivity index (χ4n) is 1.08. The second-order valence-electron chi connectivity index (χ2n) is 2.82. The summed E-state index contributed by atoms with van der Waals surface area (Å²) in [6.45, 7) is 4.12. The molecule has 3 N–H and O–H groups in total. The van der Waals surface area contributed by atoms with Gasteiger partial charge in [0.1, 0.15) is 0 Å². The third-order valence-electron chi connectivity index (χ3n) is 1.76. The van der Waals surface area contributed by atoms with Gasteiger partial charge in [0.15, 0.2) is 5.11 Å². The van der Waals surface area contributed by atoms with Gasteiger partial charge in [0.05, 0.1) is 10.6 Å². The van der Waals surface area contributed by atoms with Crippen LogP contribution in [0.5, 0.6) is 0 Å².